The van der Waals surface area contributed by atoms with E-state index >= 15 is 0 Å². The smallest absolute Gasteiger partial charge is 0.310 e. The van der Waals surface area contributed by atoms with Gasteiger partial charge in [0.2, 0.25) is 0 Å². The molecule has 78 valence electrons. The number of rotatable bonds is 4. The highest BCUT2D eigenvalue weighted by Gasteiger charge is 2.14. The minimum Gasteiger partial charge on any atom is -0.466 e. The fraction of sp³-hybridized carbons (Fsp3) is 0.556. The fourth-order valence-corrected chi connectivity index (χ4v) is 1.41. The van der Waals surface area contributed by atoms with Gasteiger partial charge in [-0.15, -0.1) is 0 Å². The molecule has 0 aromatic carbocycles. The monoisotopic (exact) mass is 260 g/mol. The molecule has 0 fully saturated rings. The average Bonchev–Trinajstić information content (AvgIpc) is 2.51. The second kappa shape index (κ2) is 5.14. The van der Waals surface area contributed by atoms with Crippen molar-refractivity contribution in [1.82, 2.24) is 9.78 Å². The van der Waals surface area contributed by atoms with Crippen LogP contribution in [0.2, 0.25) is 0 Å². The molecular formula is C9H13BrN2O2. The molecule has 0 amide bonds. The van der Waals surface area contributed by atoms with Gasteiger partial charge in [-0.3, -0.25) is 9.48 Å². The molecule has 0 radical (unpaired) electrons. The van der Waals surface area contributed by atoms with Crippen LogP contribution >= 0.6 is 15.9 Å². The molecule has 1 aromatic rings. The predicted octanol–water partition coefficient (Wildman–Crippen LogP) is 1.84. The summed E-state index contributed by atoms with van der Waals surface area (Å²) in [5.41, 5.74) is 0. The normalized spacial score (nSPS) is 12.5. The molecule has 0 N–H and O–H groups in total. The zero-order valence-corrected chi connectivity index (χ0v) is 9.82. The lowest BCUT2D eigenvalue weighted by Gasteiger charge is -2.09. The van der Waals surface area contributed by atoms with Crippen LogP contribution in [-0.4, -0.2) is 22.4 Å². The van der Waals surface area contributed by atoms with E-state index in [-0.39, 0.29) is 11.9 Å². The van der Waals surface area contributed by atoms with Crippen molar-refractivity contribution in [1.29, 1.82) is 0 Å². The summed E-state index contributed by atoms with van der Waals surface area (Å²) >= 11 is 3.29. The van der Waals surface area contributed by atoms with Crippen LogP contribution in [0.4, 0.5) is 0 Å². The zero-order valence-electron chi connectivity index (χ0n) is 8.24. The number of ether oxygens (including phenoxy) is 1. The van der Waals surface area contributed by atoms with Gasteiger partial charge in [0.1, 0.15) is 0 Å². The largest absolute Gasteiger partial charge is 0.466 e. The molecule has 1 aromatic heterocycles. The van der Waals surface area contributed by atoms with Crippen molar-refractivity contribution in [3.8, 4) is 0 Å². The molecule has 0 aliphatic carbocycles. The van der Waals surface area contributed by atoms with E-state index in [2.05, 4.69) is 21.0 Å². The Kier molecular flexibility index (Phi) is 4.13. The molecule has 1 atom stereocenters. The Morgan fingerprint density at radius 1 is 1.79 bits per heavy atom. The maximum absolute atomic E-state index is 11.3. The molecule has 1 rings (SSSR count). The van der Waals surface area contributed by atoms with Crippen molar-refractivity contribution in [2.75, 3.05) is 6.61 Å². The van der Waals surface area contributed by atoms with Crippen molar-refractivity contribution in [2.45, 2.75) is 20.4 Å². The topological polar surface area (TPSA) is 44.1 Å². The van der Waals surface area contributed by atoms with E-state index < -0.39 is 0 Å². The number of hydrogen-bond acceptors (Lipinski definition) is 3. The number of nitrogens with zero attached hydrogens (tertiary/aromatic N) is 2. The average molecular weight is 261 g/mol. The lowest BCUT2D eigenvalue weighted by Crippen LogP contribution is -2.20. The molecule has 1 heterocycles. The Balaban J connectivity index is 2.48. The zero-order chi connectivity index (χ0) is 10.6. The van der Waals surface area contributed by atoms with Crippen LogP contribution in [0.1, 0.15) is 13.8 Å². The Morgan fingerprint density at radius 3 is 3.00 bits per heavy atom. The molecule has 4 nitrogen and oxygen atoms in total. The third-order valence-corrected chi connectivity index (χ3v) is 2.16. The molecule has 0 saturated heterocycles. The first-order valence-corrected chi connectivity index (χ1v) is 5.27. The number of carbonyl (C=O) groups excluding carboxylic acids is 1. The lowest BCUT2D eigenvalue weighted by atomic mass is 10.2. The third-order valence-electron chi connectivity index (χ3n) is 1.75. The molecule has 0 aliphatic rings. The molecule has 0 bridgehead atoms. The van der Waals surface area contributed by atoms with Gasteiger partial charge in [-0.1, -0.05) is 6.92 Å². The van der Waals surface area contributed by atoms with E-state index in [1.807, 2.05) is 13.1 Å². The number of hydrogen-bond donors (Lipinski definition) is 0. The lowest BCUT2D eigenvalue weighted by molar-refractivity contribution is -0.147. The highest BCUT2D eigenvalue weighted by molar-refractivity contribution is 9.10. The Labute approximate surface area is 91.4 Å². The fourth-order valence-electron chi connectivity index (χ4n) is 1.08. The summed E-state index contributed by atoms with van der Waals surface area (Å²) in [5, 5.41) is 4.06. The van der Waals surface area contributed by atoms with Crippen molar-refractivity contribution >= 4 is 21.9 Å². The van der Waals surface area contributed by atoms with Crippen molar-refractivity contribution in [2.24, 2.45) is 5.92 Å². The molecule has 0 saturated carbocycles. The van der Waals surface area contributed by atoms with E-state index in [1.54, 1.807) is 17.8 Å². The number of aromatic nitrogens is 2. The maximum Gasteiger partial charge on any atom is 0.310 e. The summed E-state index contributed by atoms with van der Waals surface area (Å²) in [4.78, 5) is 11.3. The van der Waals surface area contributed by atoms with Crippen LogP contribution in [0.5, 0.6) is 0 Å². The number of halogens is 1. The minimum absolute atomic E-state index is 0.165. The van der Waals surface area contributed by atoms with Crippen molar-refractivity contribution < 1.29 is 9.53 Å². The summed E-state index contributed by atoms with van der Waals surface area (Å²) < 4.78 is 7.52. The van der Waals surface area contributed by atoms with Gasteiger partial charge >= 0.3 is 5.97 Å². The highest BCUT2D eigenvalue weighted by atomic mass is 79.9. The van der Waals surface area contributed by atoms with E-state index in [0.717, 1.165) is 4.47 Å². The standard InChI is InChI=1S/C9H13BrN2O2/c1-3-14-9(13)7(2)5-12-6-8(10)4-11-12/h4,6-7H,3,5H2,1-2H3/t7-/m0/s1. The first-order chi connectivity index (χ1) is 6.63. The summed E-state index contributed by atoms with van der Waals surface area (Å²) in [7, 11) is 0. The van der Waals surface area contributed by atoms with E-state index in [4.69, 9.17) is 4.74 Å². The second-order valence-electron chi connectivity index (χ2n) is 3.03. The van der Waals surface area contributed by atoms with Crippen LogP contribution in [-0.2, 0) is 16.1 Å². The molecule has 0 aliphatic heterocycles. The first-order valence-electron chi connectivity index (χ1n) is 4.48. The Morgan fingerprint density at radius 2 is 2.50 bits per heavy atom. The van der Waals surface area contributed by atoms with Crippen LogP contribution < -0.4 is 0 Å². The Bertz CT molecular complexity index is 312. The van der Waals surface area contributed by atoms with Gasteiger partial charge in [0.25, 0.3) is 0 Å². The maximum atomic E-state index is 11.3. The van der Waals surface area contributed by atoms with Gasteiger partial charge in [-0.05, 0) is 22.9 Å². The van der Waals surface area contributed by atoms with Crippen molar-refractivity contribution in [3.63, 3.8) is 0 Å². The summed E-state index contributed by atoms with van der Waals surface area (Å²) in [6.07, 6.45) is 3.52. The van der Waals surface area contributed by atoms with Crippen LogP contribution in [0, 0.1) is 5.92 Å². The van der Waals surface area contributed by atoms with Crippen LogP contribution in [0.3, 0.4) is 0 Å². The van der Waals surface area contributed by atoms with Gasteiger partial charge in [-0.25, -0.2) is 0 Å². The number of carbonyl (C=O) groups is 1. The van der Waals surface area contributed by atoms with E-state index in [1.165, 1.54) is 0 Å². The molecular weight excluding hydrogens is 248 g/mol. The third kappa shape index (κ3) is 3.14. The second-order valence-corrected chi connectivity index (χ2v) is 3.95. The SMILES string of the molecule is CCOC(=O)[C@@H](C)Cn1cc(Br)cn1. The molecule has 0 spiro atoms. The van der Waals surface area contributed by atoms with Gasteiger partial charge in [0.05, 0.1) is 29.7 Å². The van der Waals surface area contributed by atoms with Gasteiger partial charge < -0.3 is 4.74 Å². The first kappa shape index (κ1) is 11.2. The molecule has 5 heteroatoms. The molecule has 0 unspecified atom stereocenters. The van der Waals surface area contributed by atoms with Crippen LogP contribution in [0.25, 0.3) is 0 Å². The van der Waals surface area contributed by atoms with Crippen molar-refractivity contribution in [3.05, 3.63) is 16.9 Å². The van der Waals surface area contributed by atoms with Crippen LogP contribution in [0.15, 0.2) is 16.9 Å². The predicted molar refractivity (Wildman–Crippen MR) is 55.7 cm³/mol. The van der Waals surface area contributed by atoms with E-state index in [0.29, 0.717) is 13.2 Å². The molecule has 14 heavy (non-hydrogen) atoms. The van der Waals surface area contributed by atoms with E-state index in [9.17, 15) is 4.79 Å². The highest BCUT2D eigenvalue weighted by Crippen LogP contribution is 2.09. The summed E-state index contributed by atoms with van der Waals surface area (Å²) in [6.45, 7) is 4.60. The Hall–Kier alpha value is -0.840. The minimum atomic E-state index is -0.181. The van der Waals surface area contributed by atoms with Gasteiger partial charge in [-0.2, -0.15) is 5.10 Å². The summed E-state index contributed by atoms with van der Waals surface area (Å²) in [5.74, 6) is -0.346. The summed E-state index contributed by atoms with van der Waals surface area (Å²) in [6, 6.07) is 0. The van der Waals surface area contributed by atoms with Gasteiger partial charge in [0, 0.05) is 6.20 Å². The van der Waals surface area contributed by atoms with Gasteiger partial charge in [0.15, 0.2) is 0 Å². The quantitative estimate of drug-likeness (QED) is 0.777. The number of esters is 1.